The van der Waals surface area contributed by atoms with Crippen LogP contribution >= 0.6 is 11.6 Å². The third kappa shape index (κ3) is 5.60. The Hall–Kier alpha value is -4.04. The van der Waals surface area contributed by atoms with Crippen molar-refractivity contribution < 1.29 is 27.1 Å². The molecule has 0 saturated heterocycles. The van der Waals surface area contributed by atoms with Crippen LogP contribution in [0.1, 0.15) is 36.1 Å². The standard InChI is InChI=1S/C23H25ClFN7O5S/c1-13(21-28-11-15(25)12-29-21)14(2)38(34,35)32(23(26)27)31(22(33)16-7-5-10-19(24)30-16)20-17(36-3)8-6-9-18(20)37-4/h5-14H,1-4H3,(H3,26,27)/t13-,14-/m0/s1. The van der Waals surface area contributed by atoms with Crippen LogP contribution in [-0.2, 0) is 10.0 Å². The monoisotopic (exact) mass is 565 g/mol. The number of pyridine rings is 1. The normalized spacial score (nSPS) is 12.8. The number of halogens is 2. The van der Waals surface area contributed by atoms with Gasteiger partial charge in [0, 0.05) is 5.92 Å². The molecular weight excluding hydrogens is 541 g/mol. The zero-order chi connectivity index (χ0) is 28.2. The quantitative estimate of drug-likeness (QED) is 0.181. The molecule has 0 unspecified atom stereocenters. The molecule has 0 saturated carbocycles. The summed E-state index contributed by atoms with van der Waals surface area (Å²) in [5, 5.41) is 7.46. The fraction of sp³-hybridized carbons (Fsp3) is 0.261. The molecule has 1 amide bonds. The van der Waals surface area contributed by atoms with Crippen LogP contribution in [0.2, 0.25) is 5.15 Å². The first-order valence-corrected chi connectivity index (χ1v) is 12.9. The van der Waals surface area contributed by atoms with Crippen LogP contribution in [0.5, 0.6) is 11.5 Å². The van der Waals surface area contributed by atoms with Gasteiger partial charge in [0.25, 0.3) is 15.9 Å². The van der Waals surface area contributed by atoms with Crippen molar-refractivity contribution in [2.45, 2.75) is 25.0 Å². The molecule has 15 heteroatoms. The minimum Gasteiger partial charge on any atom is -0.494 e. The Morgan fingerprint density at radius 3 is 2.13 bits per heavy atom. The third-order valence-electron chi connectivity index (χ3n) is 5.59. The van der Waals surface area contributed by atoms with Gasteiger partial charge >= 0.3 is 0 Å². The van der Waals surface area contributed by atoms with Gasteiger partial charge < -0.3 is 15.2 Å². The maximum absolute atomic E-state index is 14.0. The van der Waals surface area contributed by atoms with Crippen LogP contribution < -0.4 is 20.2 Å². The molecule has 3 N–H and O–H groups in total. The molecule has 2 aromatic heterocycles. The summed E-state index contributed by atoms with van der Waals surface area (Å²) < 4.78 is 52.5. The van der Waals surface area contributed by atoms with E-state index in [-0.39, 0.29) is 33.9 Å². The number of para-hydroxylation sites is 1. The Morgan fingerprint density at radius 2 is 1.63 bits per heavy atom. The molecule has 2 heterocycles. The lowest BCUT2D eigenvalue weighted by Gasteiger charge is -2.37. The summed E-state index contributed by atoms with van der Waals surface area (Å²) in [5.41, 5.74) is 5.39. The molecule has 38 heavy (non-hydrogen) atoms. The van der Waals surface area contributed by atoms with E-state index >= 15 is 0 Å². The topological polar surface area (TPSA) is 165 Å². The van der Waals surface area contributed by atoms with Crippen LogP contribution in [0.25, 0.3) is 0 Å². The van der Waals surface area contributed by atoms with Gasteiger partial charge in [-0.1, -0.05) is 30.7 Å². The molecule has 2 atom stereocenters. The predicted molar refractivity (Wildman–Crippen MR) is 138 cm³/mol. The highest BCUT2D eigenvalue weighted by molar-refractivity contribution is 7.90. The van der Waals surface area contributed by atoms with Crippen molar-refractivity contribution in [1.29, 1.82) is 5.41 Å². The van der Waals surface area contributed by atoms with Gasteiger partial charge in [-0.25, -0.2) is 27.8 Å². The second-order valence-electron chi connectivity index (χ2n) is 7.90. The number of rotatable bonds is 8. The first kappa shape index (κ1) is 28.5. The lowest BCUT2D eigenvalue weighted by atomic mass is 10.1. The van der Waals surface area contributed by atoms with Crippen LogP contribution in [0.15, 0.2) is 48.8 Å². The highest BCUT2D eigenvalue weighted by atomic mass is 35.5. The zero-order valence-electron chi connectivity index (χ0n) is 20.8. The van der Waals surface area contributed by atoms with Crippen LogP contribution in [0.4, 0.5) is 10.1 Å². The lowest BCUT2D eigenvalue weighted by Crippen LogP contribution is -2.58. The summed E-state index contributed by atoms with van der Waals surface area (Å²) >= 11 is 5.99. The average molecular weight is 566 g/mol. The molecule has 0 spiro atoms. The maximum Gasteiger partial charge on any atom is 0.297 e. The zero-order valence-corrected chi connectivity index (χ0v) is 22.4. The number of ether oxygens (including phenoxy) is 2. The molecule has 12 nitrogen and oxygen atoms in total. The molecular formula is C23H25ClFN7O5S. The van der Waals surface area contributed by atoms with Crippen molar-refractivity contribution in [3.63, 3.8) is 0 Å². The number of hydrazine groups is 1. The second-order valence-corrected chi connectivity index (χ2v) is 10.4. The Labute approximate surface area is 223 Å². The first-order chi connectivity index (χ1) is 17.9. The minimum absolute atomic E-state index is 0.0234. The molecule has 0 aliphatic rings. The van der Waals surface area contributed by atoms with Gasteiger partial charge in [0.05, 0.1) is 31.9 Å². The first-order valence-electron chi connectivity index (χ1n) is 11.0. The van der Waals surface area contributed by atoms with Crippen molar-refractivity contribution >= 4 is 39.2 Å². The number of anilines is 1. The average Bonchev–Trinajstić information content (AvgIpc) is 2.90. The molecule has 0 radical (unpaired) electrons. The van der Waals surface area contributed by atoms with Crippen LogP contribution in [0.3, 0.4) is 0 Å². The van der Waals surface area contributed by atoms with Gasteiger partial charge in [-0.2, -0.15) is 5.01 Å². The summed E-state index contributed by atoms with van der Waals surface area (Å²) in [6.45, 7) is 2.82. The van der Waals surface area contributed by atoms with Crippen LogP contribution in [-0.4, -0.2) is 59.1 Å². The van der Waals surface area contributed by atoms with Gasteiger partial charge in [0.15, 0.2) is 11.5 Å². The number of nitrogens with zero attached hydrogens (tertiary/aromatic N) is 5. The SMILES string of the molecule is COc1cccc(OC)c1N(C(=O)c1cccc(Cl)n1)N(C(=N)N)S(=O)(=O)[C@@H](C)[C@H](C)c1ncc(F)cn1. The molecule has 0 aliphatic carbocycles. The number of aromatic nitrogens is 3. The van der Waals surface area contributed by atoms with Crippen LogP contribution in [0, 0.1) is 11.2 Å². The number of nitrogens with one attached hydrogen (secondary N) is 1. The number of carbonyl (C=O) groups excluding carboxylic acids is 1. The highest BCUT2D eigenvalue weighted by Crippen LogP contribution is 2.40. The molecule has 0 bridgehead atoms. The molecule has 3 aromatic rings. The summed E-state index contributed by atoms with van der Waals surface area (Å²) in [5.74, 6) is -3.55. The number of carbonyl (C=O) groups is 1. The lowest BCUT2D eigenvalue weighted by molar-refractivity contribution is 0.0952. The van der Waals surface area contributed by atoms with E-state index in [9.17, 15) is 17.6 Å². The second kappa shape index (κ2) is 11.6. The number of guanidine groups is 1. The van der Waals surface area contributed by atoms with Crippen molar-refractivity contribution in [2.75, 3.05) is 19.2 Å². The van der Waals surface area contributed by atoms with Gasteiger partial charge in [0.2, 0.25) is 5.96 Å². The smallest absolute Gasteiger partial charge is 0.297 e. The molecule has 1 aromatic carbocycles. The Balaban J connectivity index is 2.26. The maximum atomic E-state index is 14.0. The minimum atomic E-state index is -4.68. The Morgan fingerprint density at radius 1 is 1.08 bits per heavy atom. The molecule has 0 aliphatic heterocycles. The Bertz CT molecular complexity index is 1420. The van der Waals surface area contributed by atoms with Crippen molar-refractivity contribution in [1.82, 2.24) is 19.4 Å². The van der Waals surface area contributed by atoms with E-state index < -0.39 is 38.9 Å². The number of benzene rings is 1. The van der Waals surface area contributed by atoms with E-state index in [4.69, 9.17) is 32.2 Å². The van der Waals surface area contributed by atoms with E-state index in [1.165, 1.54) is 58.4 Å². The van der Waals surface area contributed by atoms with Gasteiger partial charge in [0.1, 0.15) is 28.2 Å². The van der Waals surface area contributed by atoms with E-state index in [0.29, 0.717) is 9.42 Å². The molecule has 3 rings (SSSR count). The largest absolute Gasteiger partial charge is 0.494 e. The van der Waals surface area contributed by atoms with Gasteiger partial charge in [-0.05, 0) is 31.2 Å². The summed E-state index contributed by atoms with van der Waals surface area (Å²) in [6.07, 6.45) is 1.81. The highest BCUT2D eigenvalue weighted by Gasteiger charge is 2.43. The fourth-order valence-corrected chi connectivity index (χ4v) is 5.27. The van der Waals surface area contributed by atoms with E-state index in [1.807, 2.05) is 0 Å². The fourth-order valence-electron chi connectivity index (χ4n) is 3.49. The molecule has 0 fully saturated rings. The van der Waals surface area contributed by atoms with Crippen molar-refractivity contribution in [3.05, 3.63) is 71.3 Å². The predicted octanol–water partition coefficient (Wildman–Crippen LogP) is 2.96. The van der Waals surface area contributed by atoms with Crippen molar-refractivity contribution in [3.8, 4) is 11.5 Å². The number of nitrogens with two attached hydrogens (primary N) is 1. The van der Waals surface area contributed by atoms with Gasteiger partial charge in [-0.15, -0.1) is 4.41 Å². The van der Waals surface area contributed by atoms with Crippen molar-refractivity contribution in [2.24, 2.45) is 5.73 Å². The third-order valence-corrected chi connectivity index (χ3v) is 7.99. The van der Waals surface area contributed by atoms with E-state index in [0.717, 1.165) is 12.4 Å². The van der Waals surface area contributed by atoms with E-state index in [2.05, 4.69) is 15.0 Å². The molecule has 202 valence electrons. The summed E-state index contributed by atoms with van der Waals surface area (Å²) in [6, 6.07) is 8.68. The number of sulfonamides is 1. The van der Waals surface area contributed by atoms with E-state index in [1.54, 1.807) is 6.07 Å². The number of methoxy groups -OCH3 is 2. The van der Waals surface area contributed by atoms with Gasteiger partial charge in [-0.3, -0.25) is 10.2 Å². The number of hydrogen-bond donors (Lipinski definition) is 2. The Kier molecular flexibility index (Phi) is 8.68. The summed E-state index contributed by atoms with van der Waals surface area (Å²) in [4.78, 5) is 25.6. The number of amides is 1. The summed E-state index contributed by atoms with van der Waals surface area (Å²) in [7, 11) is -2.06. The number of hydrogen-bond acceptors (Lipinski definition) is 9.